The highest BCUT2D eigenvalue weighted by Crippen LogP contribution is 2.21. The molecular formula is C10H16N2. The van der Waals surface area contributed by atoms with Gasteiger partial charge in [0.15, 0.2) is 0 Å². The number of hydrogen-bond donors (Lipinski definition) is 1. The van der Waals surface area contributed by atoms with E-state index in [1.54, 1.807) is 6.20 Å². The van der Waals surface area contributed by atoms with E-state index in [1.807, 2.05) is 12.3 Å². The Hall–Kier alpha value is -0.890. The van der Waals surface area contributed by atoms with Crippen LogP contribution in [0.2, 0.25) is 0 Å². The summed E-state index contributed by atoms with van der Waals surface area (Å²) in [7, 11) is 0. The van der Waals surface area contributed by atoms with Gasteiger partial charge in [0.25, 0.3) is 0 Å². The summed E-state index contributed by atoms with van der Waals surface area (Å²) >= 11 is 0. The van der Waals surface area contributed by atoms with E-state index < -0.39 is 0 Å². The fraction of sp³-hybridized carbons (Fsp3) is 0.500. The van der Waals surface area contributed by atoms with Crippen molar-refractivity contribution in [1.82, 2.24) is 4.98 Å². The summed E-state index contributed by atoms with van der Waals surface area (Å²) in [6, 6.07) is 4.07. The number of nitrogens with zero attached hydrogens (tertiary/aromatic N) is 1. The van der Waals surface area contributed by atoms with E-state index in [4.69, 9.17) is 5.73 Å². The maximum absolute atomic E-state index is 5.59. The molecule has 0 aliphatic heterocycles. The molecule has 1 aromatic rings. The van der Waals surface area contributed by atoms with Crippen LogP contribution in [0, 0.1) is 5.92 Å². The lowest BCUT2D eigenvalue weighted by Gasteiger charge is -2.17. The van der Waals surface area contributed by atoms with Crippen molar-refractivity contribution in [2.75, 3.05) is 6.54 Å². The second kappa shape index (κ2) is 4.21. The average Bonchev–Trinajstić information content (AvgIpc) is 2.17. The van der Waals surface area contributed by atoms with Gasteiger partial charge in [-0.1, -0.05) is 19.9 Å². The van der Waals surface area contributed by atoms with Gasteiger partial charge in [0.1, 0.15) is 0 Å². The molecule has 0 aliphatic rings. The van der Waals surface area contributed by atoms with Gasteiger partial charge in [-0.3, -0.25) is 4.98 Å². The Balaban J connectivity index is 2.71. The molecule has 0 aliphatic carbocycles. The number of nitrogens with two attached hydrogens (primary N) is 1. The van der Waals surface area contributed by atoms with Crippen LogP contribution in [-0.2, 0) is 0 Å². The first kappa shape index (κ1) is 9.20. The molecule has 2 N–H and O–H groups in total. The molecular weight excluding hydrogens is 148 g/mol. The normalized spacial score (nSPS) is 15.6. The van der Waals surface area contributed by atoms with Crippen LogP contribution in [0.25, 0.3) is 0 Å². The smallest absolute Gasteiger partial charge is 0.0302 e. The zero-order valence-corrected chi connectivity index (χ0v) is 7.70. The van der Waals surface area contributed by atoms with E-state index in [2.05, 4.69) is 24.9 Å². The number of rotatable bonds is 3. The predicted octanol–water partition coefficient (Wildman–Crippen LogP) is 1.78. The molecule has 2 unspecified atom stereocenters. The van der Waals surface area contributed by atoms with Gasteiger partial charge in [0.2, 0.25) is 0 Å². The lowest BCUT2D eigenvalue weighted by molar-refractivity contribution is 0.498. The highest BCUT2D eigenvalue weighted by molar-refractivity contribution is 5.14. The Bertz CT molecular complexity index is 221. The number of aromatic nitrogens is 1. The van der Waals surface area contributed by atoms with Crippen LogP contribution < -0.4 is 5.73 Å². The molecule has 0 bridgehead atoms. The third-order valence-electron chi connectivity index (χ3n) is 2.44. The Morgan fingerprint density at radius 1 is 1.50 bits per heavy atom. The maximum Gasteiger partial charge on any atom is 0.0302 e. The molecule has 0 spiro atoms. The van der Waals surface area contributed by atoms with Crippen molar-refractivity contribution < 1.29 is 0 Å². The van der Waals surface area contributed by atoms with E-state index in [9.17, 15) is 0 Å². The number of pyridine rings is 1. The van der Waals surface area contributed by atoms with Crippen molar-refractivity contribution >= 4 is 0 Å². The van der Waals surface area contributed by atoms with E-state index in [-0.39, 0.29) is 0 Å². The van der Waals surface area contributed by atoms with Crippen molar-refractivity contribution in [2.45, 2.75) is 19.8 Å². The third-order valence-corrected chi connectivity index (χ3v) is 2.44. The van der Waals surface area contributed by atoms with Crippen LogP contribution in [0.1, 0.15) is 25.3 Å². The van der Waals surface area contributed by atoms with Gasteiger partial charge in [-0.2, -0.15) is 0 Å². The van der Waals surface area contributed by atoms with E-state index in [1.165, 1.54) is 5.56 Å². The quantitative estimate of drug-likeness (QED) is 0.739. The van der Waals surface area contributed by atoms with Crippen molar-refractivity contribution in [2.24, 2.45) is 11.7 Å². The maximum atomic E-state index is 5.59. The Morgan fingerprint density at radius 3 is 2.75 bits per heavy atom. The topological polar surface area (TPSA) is 38.9 Å². The molecule has 2 atom stereocenters. The molecule has 0 aromatic carbocycles. The van der Waals surface area contributed by atoms with Crippen LogP contribution >= 0.6 is 0 Å². The molecule has 0 radical (unpaired) electrons. The van der Waals surface area contributed by atoms with E-state index in [0.29, 0.717) is 11.8 Å². The summed E-state index contributed by atoms with van der Waals surface area (Å²) in [6.45, 7) is 5.09. The lowest BCUT2D eigenvalue weighted by Crippen LogP contribution is -2.17. The van der Waals surface area contributed by atoms with Crippen LogP contribution in [0.5, 0.6) is 0 Å². The van der Waals surface area contributed by atoms with Crippen molar-refractivity contribution in [3.63, 3.8) is 0 Å². The molecule has 0 saturated carbocycles. The SMILES string of the molecule is CC(CN)C(C)c1cccnc1. The molecule has 0 saturated heterocycles. The van der Waals surface area contributed by atoms with Gasteiger partial charge in [-0.25, -0.2) is 0 Å². The minimum Gasteiger partial charge on any atom is -0.330 e. The first-order valence-electron chi connectivity index (χ1n) is 4.35. The standard InChI is InChI=1S/C10H16N2/c1-8(6-11)9(2)10-4-3-5-12-7-10/h3-5,7-9H,6,11H2,1-2H3. The van der Waals surface area contributed by atoms with E-state index >= 15 is 0 Å². The first-order chi connectivity index (χ1) is 5.75. The van der Waals surface area contributed by atoms with Crippen LogP contribution in [0.4, 0.5) is 0 Å². The molecule has 1 rings (SSSR count). The molecule has 2 nitrogen and oxygen atoms in total. The summed E-state index contributed by atoms with van der Waals surface area (Å²) in [6.07, 6.45) is 3.71. The van der Waals surface area contributed by atoms with Gasteiger partial charge in [0.05, 0.1) is 0 Å². The summed E-state index contributed by atoms with van der Waals surface area (Å²) < 4.78 is 0. The average molecular weight is 164 g/mol. The molecule has 1 heterocycles. The zero-order chi connectivity index (χ0) is 8.97. The first-order valence-corrected chi connectivity index (χ1v) is 4.35. The van der Waals surface area contributed by atoms with E-state index in [0.717, 1.165) is 6.54 Å². The highest BCUT2D eigenvalue weighted by Gasteiger charge is 2.11. The van der Waals surface area contributed by atoms with Gasteiger partial charge < -0.3 is 5.73 Å². The zero-order valence-electron chi connectivity index (χ0n) is 7.70. The minimum atomic E-state index is 0.503. The molecule has 2 heteroatoms. The predicted molar refractivity (Wildman–Crippen MR) is 50.9 cm³/mol. The second-order valence-electron chi connectivity index (χ2n) is 3.29. The molecule has 12 heavy (non-hydrogen) atoms. The van der Waals surface area contributed by atoms with Gasteiger partial charge in [0, 0.05) is 12.4 Å². The fourth-order valence-electron chi connectivity index (χ4n) is 1.18. The Morgan fingerprint density at radius 2 is 2.25 bits per heavy atom. The molecule has 0 fully saturated rings. The molecule has 0 amide bonds. The van der Waals surface area contributed by atoms with Crippen LogP contribution in [-0.4, -0.2) is 11.5 Å². The van der Waals surface area contributed by atoms with Crippen molar-refractivity contribution in [3.8, 4) is 0 Å². The number of hydrogen-bond acceptors (Lipinski definition) is 2. The van der Waals surface area contributed by atoms with Gasteiger partial charge in [-0.05, 0) is 30.0 Å². The lowest BCUT2D eigenvalue weighted by atomic mass is 9.90. The summed E-state index contributed by atoms with van der Waals surface area (Å²) in [5, 5.41) is 0. The van der Waals surface area contributed by atoms with Gasteiger partial charge in [-0.15, -0.1) is 0 Å². The largest absolute Gasteiger partial charge is 0.330 e. The molecule has 1 aromatic heterocycles. The molecule has 66 valence electrons. The van der Waals surface area contributed by atoms with Crippen molar-refractivity contribution in [1.29, 1.82) is 0 Å². The van der Waals surface area contributed by atoms with Crippen LogP contribution in [0.3, 0.4) is 0 Å². The second-order valence-corrected chi connectivity index (χ2v) is 3.29. The Labute approximate surface area is 73.8 Å². The summed E-state index contributed by atoms with van der Waals surface area (Å²) in [5.41, 5.74) is 6.86. The van der Waals surface area contributed by atoms with Crippen molar-refractivity contribution in [3.05, 3.63) is 30.1 Å². The third kappa shape index (κ3) is 2.05. The summed E-state index contributed by atoms with van der Waals surface area (Å²) in [4.78, 5) is 4.08. The van der Waals surface area contributed by atoms with Crippen LogP contribution in [0.15, 0.2) is 24.5 Å². The summed E-state index contributed by atoms with van der Waals surface area (Å²) in [5.74, 6) is 1.03. The minimum absolute atomic E-state index is 0.503. The monoisotopic (exact) mass is 164 g/mol. The van der Waals surface area contributed by atoms with Gasteiger partial charge >= 0.3 is 0 Å². The fourth-order valence-corrected chi connectivity index (χ4v) is 1.18. The highest BCUT2D eigenvalue weighted by atomic mass is 14.6. The Kier molecular flexibility index (Phi) is 3.23.